The summed E-state index contributed by atoms with van der Waals surface area (Å²) < 4.78 is 13.5. The molecule has 8 heteroatoms. The molecule has 4 unspecified atom stereocenters. The Hall–Kier alpha value is -4.99. The number of imide groups is 1. The number of pyridine rings is 1. The molecule has 0 aliphatic carbocycles. The summed E-state index contributed by atoms with van der Waals surface area (Å²) in [5, 5.41) is 9.63. The summed E-state index contributed by atoms with van der Waals surface area (Å²) in [6.07, 6.45) is 1.73. The zero-order valence-corrected chi connectivity index (χ0v) is 28.3. The first-order valence-electron chi connectivity index (χ1n) is 17.1. The molecule has 1 N–H and O–H groups in total. The fourth-order valence-corrected chi connectivity index (χ4v) is 6.86. The van der Waals surface area contributed by atoms with Crippen LogP contribution in [-0.4, -0.2) is 57.9 Å². The van der Waals surface area contributed by atoms with Crippen LogP contribution in [0.15, 0.2) is 121 Å². The third-order valence-corrected chi connectivity index (χ3v) is 9.73. The minimum absolute atomic E-state index is 0.0108. The standard InChI is InChI=1S/C42H41N3O5/c1-28-38(26-44(2)22-20-35-13-5-6-21-43-35)49-42(50-39(28)31-18-16-29(27-46)17-19-31)34-12-8-11-33(24-34)32-10-7-9-30(23-32)25-45-40(47)36-14-3-4-15-37(36)41(45)48/h3-19,21,23-24,28,38-39,42,46H,20,22,25-27H2,1-2H3. The van der Waals surface area contributed by atoms with E-state index in [0.717, 1.165) is 58.6 Å². The number of aromatic nitrogens is 1. The van der Waals surface area contributed by atoms with Crippen LogP contribution in [0, 0.1) is 5.92 Å². The van der Waals surface area contributed by atoms with Crippen molar-refractivity contribution in [3.8, 4) is 11.1 Å². The maximum atomic E-state index is 13.0. The number of benzene rings is 4. The molecule has 1 fully saturated rings. The Labute approximate surface area is 292 Å². The summed E-state index contributed by atoms with van der Waals surface area (Å²) >= 11 is 0. The number of amides is 2. The van der Waals surface area contributed by atoms with E-state index in [1.807, 2.05) is 85.1 Å². The van der Waals surface area contributed by atoms with Crippen molar-refractivity contribution < 1.29 is 24.2 Å². The van der Waals surface area contributed by atoms with Crippen LogP contribution >= 0.6 is 0 Å². The van der Waals surface area contributed by atoms with Gasteiger partial charge in [-0.1, -0.05) is 85.8 Å². The van der Waals surface area contributed by atoms with Gasteiger partial charge in [-0.05, 0) is 71.3 Å². The second-order valence-corrected chi connectivity index (χ2v) is 13.2. The van der Waals surface area contributed by atoms with E-state index in [1.165, 1.54) is 4.90 Å². The van der Waals surface area contributed by atoms with Crippen molar-refractivity contribution in [2.45, 2.75) is 45.0 Å². The molecule has 4 aromatic carbocycles. The van der Waals surface area contributed by atoms with E-state index in [0.29, 0.717) is 11.1 Å². The lowest BCUT2D eigenvalue weighted by molar-refractivity contribution is -0.275. The van der Waals surface area contributed by atoms with Crippen molar-refractivity contribution in [2.75, 3.05) is 20.1 Å². The predicted molar refractivity (Wildman–Crippen MR) is 191 cm³/mol. The maximum absolute atomic E-state index is 13.0. The molecule has 0 saturated carbocycles. The lowest BCUT2D eigenvalue weighted by atomic mass is 9.90. The molecule has 3 heterocycles. The quantitative estimate of drug-likeness (QED) is 0.152. The second kappa shape index (κ2) is 14.9. The molecule has 4 atom stereocenters. The maximum Gasteiger partial charge on any atom is 0.261 e. The molecule has 1 aromatic heterocycles. The second-order valence-electron chi connectivity index (χ2n) is 13.2. The highest BCUT2D eigenvalue weighted by Gasteiger charge is 2.39. The molecule has 254 valence electrons. The minimum atomic E-state index is -0.607. The summed E-state index contributed by atoms with van der Waals surface area (Å²) in [5.41, 5.74) is 7.56. The summed E-state index contributed by atoms with van der Waals surface area (Å²) in [6, 6.07) is 37.0. The molecule has 50 heavy (non-hydrogen) atoms. The van der Waals surface area contributed by atoms with Gasteiger partial charge >= 0.3 is 0 Å². The van der Waals surface area contributed by atoms with Crippen LogP contribution in [0.5, 0.6) is 0 Å². The van der Waals surface area contributed by atoms with Crippen molar-refractivity contribution in [1.29, 1.82) is 0 Å². The smallest absolute Gasteiger partial charge is 0.261 e. The number of hydrogen-bond donors (Lipinski definition) is 1. The first-order valence-corrected chi connectivity index (χ1v) is 17.1. The molecule has 0 radical (unpaired) electrons. The molecule has 0 spiro atoms. The number of likely N-dealkylation sites (N-methyl/N-ethyl adjacent to an activating group) is 1. The van der Waals surface area contributed by atoms with Crippen molar-refractivity contribution in [3.63, 3.8) is 0 Å². The average molecular weight is 668 g/mol. The SMILES string of the molecule is CC1C(CN(C)CCc2ccccn2)OC(c2cccc(-c3cccc(CN4C(=O)c5ccccc5C4=O)c3)c2)OC1c1ccc(CO)cc1. The van der Waals surface area contributed by atoms with E-state index in [9.17, 15) is 14.7 Å². The van der Waals surface area contributed by atoms with E-state index < -0.39 is 6.29 Å². The van der Waals surface area contributed by atoms with E-state index >= 15 is 0 Å². The molecular weight excluding hydrogens is 626 g/mol. The van der Waals surface area contributed by atoms with Crippen LogP contribution in [0.4, 0.5) is 0 Å². The lowest BCUT2D eigenvalue weighted by Gasteiger charge is -2.42. The molecule has 1 saturated heterocycles. The molecule has 2 aliphatic heterocycles. The van der Waals surface area contributed by atoms with Gasteiger partial charge in [0.15, 0.2) is 6.29 Å². The number of carbonyl (C=O) groups is 2. The summed E-state index contributed by atoms with van der Waals surface area (Å²) in [5.74, 6) is -0.474. The number of nitrogens with zero attached hydrogens (tertiary/aromatic N) is 3. The number of ether oxygens (including phenoxy) is 2. The Morgan fingerprint density at radius 2 is 1.46 bits per heavy atom. The Morgan fingerprint density at radius 3 is 2.16 bits per heavy atom. The summed E-state index contributed by atoms with van der Waals surface area (Å²) in [4.78, 5) is 34.1. The fraction of sp³-hybridized carbons (Fsp3) is 0.262. The normalized spacial score (nSPS) is 20.4. The molecule has 0 bridgehead atoms. The van der Waals surface area contributed by atoms with Gasteiger partial charge in [-0.3, -0.25) is 19.5 Å². The van der Waals surface area contributed by atoms with Gasteiger partial charge in [-0.15, -0.1) is 0 Å². The minimum Gasteiger partial charge on any atom is -0.392 e. The number of fused-ring (bicyclic) bond motifs is 1. The van der Waals surface area contributed by atoms with Crippen LogP contribution in [0.1, 0.15) is 68.0 Å². The third-order valence-electron chi connectivity index (χ3n) is 9.73. The van der Waals surface area contributed by atoms with Gasteiger partial charge < -0.3 is 19.5 Å². The summed E-state index contributed by atoms with van der Waals surface area (Å²) in [6.45, 7) is 3.92. The van der Waals surface area contributed by atoms with Crippen molar-refractivity contribution >= 4 is 11.8 Å². The van der Waals surface area contributed by atoms with Gasteiger partial charge in [0.1, 0.15) is 0 Å². The first kappa shape index (κ1) is 33.5. The van der Waals surface area contributed by atoms with Crippen LogP contribution in [0.3, 0.4) is 0 Å². The molecule has 2 amide bonds. The van der Waals surface area contributed by atoms with Gasteiger partial charge in [0.25, 0.3) is 11.8 Å². The highest BCUT2D eigenvalue weighted by molar-refractivity contribution is 6.21. The van der Waals surface area contributed by atoms with Gasteiger partial charge in [0, 0.05) is 42.9 Å². The molecule has 5 aromatic rings. The van der Waals surface area contributed by atoms with Gasteiger partial charge in [0.2, 0.25) is 0 Å². The highest BCUT2D eigenvalue weighted by Crippen LogP contribution is 2.42. The van der Waals surface area contributed by atoms with Gasteiger partial charge in [-0.25, -0.2) is 0 Å². The summed E-state index contributed by atoms with van der Waals surface area (Å²) in [7, 11) is 2.12. The van der Waals surface area contributed by atoms with E-state index in [2.05, 4.69) is 36.0 Å². The van der Waals surface area contributed by atoms with Crippen LogP contribution in [0.2, 0.25) is 0 Å². The van der Waals surface area contributed by atoms with Crippen LogP contribution in [-0.2, 0) is 29.0 Å². The van der Waals surface area contributed by atoms with Gasteiger partial charge in [0.05, 0.1) is 36.5 Å². The lowest BCUT2D eigenvalue weighted by Crippen LogP contribution is -2.43. The zero-order chi connectivity index (χ0) is 34.6. The number of carbonyl (C=O) groups excluding carboxylic acids is 2. The molecule has 8 nitrogen and oxygen atoms in total. The van der Waals surface area contributed by atoms with E-state index in [4.69, 9.17) is 9.47 Å². The Balaban J connectivity index is 1.11. The van der Waals surface area contributed by atoms with E-state index in [-0.39, 0.29) is 43.1 Å². The predicted octanol–water partition coefficient (Wildman–Crippen LogP) is 7.00. The molecule has 2 aliphatic rings. The molecular formula is C42H41N3O5. The first-order chi connectivity index (χ1) is 24.4. The van der Waals surface area contributed by atoms with Crippen molar-refractivity contribution in [3.05, 3.63) is 161 Å². The molecule has 7 rings (SSSR count). The topological polar surface area (TPSA) is 92.2 Å². The number of rotatable bonds is 11. The third kappa shape index (κ3) is 7.15. The number of aliphatic hydroxyl groups is 1. The highest BCUT2D eigenvalue weighted by atomic mass is 16.7. The van der Waals surface area contributed by atoms with Crippen LogP contribution in [0.25, 0.3) is 11.1 Å². The van der Waals surface area contributed by atoms with E-state index in [1.54, 1.807) is 24.3 Å². The number of aliphatic hydroxyl groups excluding tert-OH is 1. The zero-order valence-electron chi connectivity index (χ0n) is 28.3. The van der Waals surface area contributed by atoms with Crippen LogP contribution < -0.4 is 0 Å². The fourth-order valence-electron chi connectivity index (χ4n) is 6.86. The van der Waals surface area contributed by atoms with Gasteiger partial charge in [-0.2, -0.15) is 0 Å². The average Bonchev–Trinajstić information content (AvgIpc) is 3.40. The monoisotopic (exact) mass is 667 g/mol. The largest absolute Gasteiger partial charge is 0.392 e. The van der Waals surface area contributed by atoms with Crippen molar-refractivity contribution in [2.24, 2.45) is 5.92 Å². The Kier molecular flexibility index (Phi) is 9.96. The Bertz CT molecular complexity index is 1930. The number of hydrogen-bond acceptors (Lipinski definition) is 7. The Morgan fingerprint density at radius 1 is 0.760 bits per heavy atom. The van der Waals surface area contributed by atoms with Crippen molar-refractivity contribution in [1.82, 2.24) is 14.8 Å².